The lowest BCUT2D eigenvalue weighted by atomic mass is 10.1. The zero-order valence-corrected chi connectivity index (χ0v) is 14.0. The van der Waals surface area contributed by atoms with Crippen LogP contribution >= 0.6 is 24.0 Å². The molecule has 0 saturated heterocycles. The Labute approximate surface area is 145 Å². The molecule has 2 aromatic carbocycles. The number of carbonyl (C=O) groups is 1. The quantitative estimate of drug-likeness (QED) is 0.540. The molecule has 0 bridgehead atoms. The number of nitrogens with zero attached hydrogens (tertiary/aromatic N) is 2. The normalized spacial score (nSPS) is 10.3. The molecule has 0 atom stereocenters. The lowest BCUT2D eigenvalue weighted by Crippen LogP contribution is -2.15. The Morgan fingerprint density at radius 3 is 2.52 bits per heavy atom. The van der Waals surface area contributed by atoms with Gasteiger partial charge in [0.15, 0.2) is 5.78 Å². The van der Waals surface area contributed by atoms with E-state index in [0.717, 1.165) is 11.0 Å². The zero-order chi connectivity index (χ0) is 15.4. The van der Waals surface area contributed by atoms with E-state index < -0.39 is 0 Å². The number of carbonyl (C=O) groups excluding carboxylic acids is 1. The SMILES string of the molecule is Cl.O=C(Cn1c(NCCCl)nc2ccccc21)c1ccccc1. The molecule has 3 aromatic rings. The molecule has 0 radical (unpaired) electrons. The number of anilines is 1. The van der Waals surface area contributed by atoms with Crippen LogP contribution in [0.4, 0.5) is 5.95 Å². The summed E-state index contributed by atoms with van der Waals surface area (Å²) >= 11 is 5.74. The zero-order valence-electron chi connectivity index (χ0n) is 12.4. The largest absolute Gasteiger partial charge is 0.354 e. The number of halogens is 2. The first-order valence-electron chi connectivity index (χ1n) is 7.13. The van der Waals surface area contributed by atoms with Crippen molar-refractivity contribution in [2.24, 2.45) is 0 Å². The molecule has 1 aromatic heterocycles. The predicted octanol–water partition coefficient (Wildman–Crippen LogP) is 3.99. The second-order valence-corrected chi connectivity index (χ2v) is 5.29. The Kier molecular flexibility index (Phi) is 6.02. The number of hydrogen-bond acceptors (Lipinski definition) is 3. The number of para-hydroxylation sites is 2. The fourth-order valence-corrected chi connectivity index (χ4v) is 2.48. The van der Waals surface area contributed by atoms with Crippen LogP contribution < -0.4 is 5.32 Å². The number of aromatic nitrogens is 2. The molecule has 0 aliphatic carbocycles. The molecule has 4 nitrogen and oxygen atoms in total. The summed E-state index contributed by atoms with van der Waals surface area (Å²) < 4.78 is 1.90. The maximum absolute atomic E-state index is 12.5. The highest BCUT2D eigenvalue weighted by Gasteiger charge is 2.14. The highest BCUT2D eigenvalue weighted by Crippen LogP contribution is 2.20. The molecule has 120 valence electrons. The first-order valence-corrected chi connectivity index (χ1v) is 7.66. The minimum atomic E-state index is 0. The van der Waals surface area contributed by atoms with Gasteiger partial charge < -0.3 is 9.88 Å². The molecule has 0 amide bonds. The van der Waals surface area contributed by atoms with E-state index in [-0.39, 0.29) is 24.7 Å². The van der Waals surface area contributed by atoms with Gasteiger partial charge in [-0.2, -0.15) is 0 Å². The molecule has 6 heteroatoms. The van der Waals surface area contributed by atoms with E-state index in [2.05, 4.69) is 10.3 Å². The van der Waals surface area contributed by atoms with Crippen LogP contribution in [-0.4, -0.2) is 27.8 Å². The molecule has 1 N–H and O–H groups in total. The van der Waals surface area contributed by atoms with Crippen molar-refractivity contribution in [3.63, 3.8) is 0 Å². The summed E-state index contributed by atoms with van der Waals surface area (Å²) in [6, 6.07) is 17.1. The standard InChI is InChI=1S/C17H16ClN3O.ClH/c18-10-11-19-17-20-14-8-4-5-9-15(14)21(17)12-16(22)13-6-2-1-3-7-13;/h1-9H,10-12H2,(H,19,20);1H. The number of nitrogens with one attached hydrogen (secondary N) is 1. The van der Waals surface area contributed by atoms with Gasteiger partial charge in [-0.25, -0.2) is 4.98 Å². The summed E-state index contributed by atoms with van der Waals surface area (Å²) in [4.78, 5) is 17.0. The number of ketones is 1. The Morgan fingerprint density at radius 2 is 1.78 bits per heavy atom. The molecule has 0 unspecified atom stereocenters. The minimum Gasteiger partial charge on any atom is -0.354 e. The first-order chi connectivity index (χ1) is 10.8. The summed E-state index contributed by atoms with van der Waals surface area (Å²) in [5.41, 5.74) is 2.49. The van der Waals surface area contributed by atoms with Crippen LogP contribution in [0.2, 0.25) is 0 Å². The number of hydrogen-bond donors (Lipinski definition) is 1. The van der Waals surface area contributed by atoms with Gasteiger partial charge in [-0.05, 0) is 12.1 Å². The van der Waals surface area contributed by atoms with Crippen LogP contribution in [0.15, 0.2) is 54.6 Å². The monoisotopic (exact) mass is 349 g/mol. The van der Waals surface area contributed by atoms with Gasteiger partial charge in [0.2, 0.25) is 5.95 Å². The third kappa shape index (κ3) is 3.84. The van der Waals surface area contributed by atoms with Gasteiger partial charge in [0, 0.05) is 18.0 Å². The molecule has 3 rings (SSSR count). The predicted molar refractivity (Wildman–Crippen MR) is 97.0 cm³/mol. The Balaban J connectivity index is 0.00000192. The summed E-state index contributed by atoms with van der Waals surface area (Å²) in [7, 11) is 0. The van der Waals surface area contributed by atoms with Crippen molar-refractivity contribution in [3.8, 4) is 0 Å². The molecule has 0 spiro atoms. The number of fused-ring (bicyclic) bond motifs is 1. The average Bonchev–Trinajstić information content (AvgIpc) is 2.91. The van der Waals surface area contributed by atoms with Gasteiger partial charge in [0.1, 0.15) is 0 Å². The highest BCUT2D eigenvalue weighted by atomic mass is 35.5. The van der Waals surface area contributed by atoms with Gasteiger partial charge in [-0.1, -0.05) is 42.5 Å². The first kappa shape index (κ1) is 17.3. The average molecular weight is 350 g/mol. The molecule has 0 saturated carbocycles. The highest BCUT2D eigenvalue weighted by molar-refractivity contribution is 6.18. The van der Waals surface area contributed by atoms with E-state index in [9.17, 15) is 4.79 Å². The van der Waals surface area contributed by atoms with Gasteiger partial charge in [0.25, 0.3) is 0 Å². The smallest absolute Gasteiger partial charge is 0.204 e. The topological polar surface area (TPSA) is 46.9 Å². The third-order valence-corrected chi connectivity index (χ3v) is 3.62. The van der Waals surface area contributed by atoms with Crippen LogP contribution in [0.3, 0.4) is 0 Å². The van der Waals surface area contributed by atoms with Crippen LogP contribution in [0, 0.1) is 0 Å². The minimum absolute atomic E-state index is 0. The van der Waals surface area contributed by atoms with Crippen molar-refractivity contribution in [2.45, 2.75) is 6.54 Å². The van der Waals surface area contributed by atoms with E-state index in [4.69, 9.17) is 11.6 Å². The van der Waals surface area contributed by atoms with E-state index >= 15 is 0 Å². The van der Waals surface area contributed by atoms with E-state index in [1.807, 2.05) is 59.2 Å². The van der Waals surface area contributed by atoms with E-state index in [0.29, 0.717) is 23.9 Å². The lowest BCUT2D eigenvalue weighted by molar-refractivity contribution is 0.0974. The Hall–Kier alpha value is -2.04. The van der Waals surface area contributed by atoms with Gasteiger partial charge in [-0.15, -0.1) is 24.0 Å². The molecular weight excluding hydrogens is 333 g/mol. The molecule has 0 fully saturated rings. The summed E-state index contributed by atoms with van der Waals surface area (Å²) in [5.74, 6) is 1.21. The van der Waals surface area contributed by atoms with Crippen molar-refractivity contribution in [1.82, 2.24) is 9.55 Å². The number of imidazole rings is 1. The van der Waals surface area contributed by atoms with Crippen molar-refractivity contribution < 1.29 is 4.79 Å². The summed E-state index contributed by atoms with van der Waals surface area (Å²) in [5, 5.41) is 3.18. The molecular formula is C17H17Cl2N3O. The van der Waals surface area contributed by atoms with E-state index in [1.165, 1.54) is 0 Å². The van der Waals surface area contributed by atoms with Crippen molar-refractivity contribution in [2.75, 3.05) is 17.7 Å². The Morgan fingerprint density at radius 1 is 1.09 bits per heavy atom. The molecule has 1 heterocycles. The van der Waals surface area contributed by atoms with Crippen LogP contribution in [0.5, 0.6) is 0 Å². The molecule has 0 aliphatic heterocycles. The summed E-state index contributed by atoms with van der Waals surface area (Å²) in [6.45, 7) is 0.847. The van der Waals surface area contributed by atoms with Crippen LogP contribution in [0.1, 0.15) is 10.4 Å². The maximum Gasteiger partial charge on any atom is 0.204 e. The molecule has 23 heavy (non-hydrogen) atoms. The fraction of sp³-hybridized carbons (Fsp3) is 0.176. The van der Waals surface area contributed by atoms with Crippen LogP contribution in [0.25, 0.3) is 11.0 Å². The third-order valence-electron chi connectivity index (χ3n) is 3.43. The number of rotatable bonds is 6. The van der Waals surface area contributed by atoms with E-state index in [1.54, 1.807) is 0 Å². The second kappa shape index (κ2) is 7.99. The second-order valence-electron chi connectivity index (χ2n) is 4.92. The number of alkyl halides is 1. The number of benzene rings is 2. The fourth-order valence-electron chi connectivity index (χ4n) is 2.39. The van der Waals surface area contributed by atoms with Crippen LogP contribution in [-0.2, 0) is 6.54 Å². The maximum atomic E-state index is 12.5. The van der Waals surface area contributed by atoms with Gasteiger partial charge in [0.05, 0.1) is 17.6 Å². The van der Waals surface area contributed by atoms with Crippen molar-refractivity contribution >= 4 is 46.8 Å². The summed E-state index contributed by atoms with van der Waals surface area (Å²) in [6.07, 6.45) is 0. The number of Topliss-reactive ketones (excluding diaryl/α,β-unsaturated/α-hetero) is 1. The van der Waals surface area contributed by atoms with Crippen molar-refractivity contribution in [1.29, 1.82) is 0 Å². The van der Waals surface area contributed by atoms with Crippen molar-refractivity contribution in [3.05, 3.63) is 60.2 Å². The Bertz CT molecular complexity index is 787. The van der Waals surface area contributed by atoms with Gasteiger partial charge >= 0.3 is 0 Å². The lowest BCUT2D eigenvalue weighted by Gasteiger charge is -2.09. The molecule has 0 aliphatic rings. The van der Waals surface area contributed by atoms with Gasteiger partial charge in [-0.3, -0.25) is 4.79 Å².